The highest BCUT2D eigenvalue weighted by molar-refractivity contribution is 9.11. The van der Waals surface area contributed by atoms with Gasteiger partial charge >= 0.3 is 0 Å². The summed E-state index contributed by atoms with van der Waals surface area (Å²) in [6.45, 7) is 3.09. The third-order valence-electron chi connectivity index (χ3n) is 3.64. The molecule has 26 heavy (non-hydrogen) atoms. The topological polar surface area (TPSA) is 94.1 Å². The molecular formula is C16H20BrClN4O4. The molecule has 1 heterocycles. The number of carbonyl (C=O) groups is 2. The summed E-state index contributed by atoms with van der Waals surface area (Å²) >= 11 is 9.50. The van der Waals surface area contributed by atoms with Gasteiger partial charge in [0.15, 0.2) is 6.04 Å². The zero-order valence-corrected chi connectivity index (χ0v) is 16.8. The SMILES string of the molecule is CC1=C(Br)[C@H](C(=O)NOCC(C)O)N(Nc2ccccc2Cl)N(C)C1=O. The Balaban J connectivity index is 2.30. The molecule has 0 saturated carbocycles. The third-order valence-corrected chi connectivity index (χ3v) is 4.99. The number of benzene rings is 1. The van der Waals surface area contributed by atoms with E-state index in [1.807, 2.05) is 0 Å². The summed E-state index contributed by atoms with van der Waals surface area (Å²) in [5, 5.41) is 12.3. The number of nitrogens with zero attached hydrogens (tertiary/aromatic N) is 2. The maximum absolute atomic E-state index is 12.6. The number of para-hydroxylation sites is 1. The molecule has 0 aromatic heterocycles. The Morgan fingerprint density at radius 3 is 2.73 bits per heavy atom. The van der Waals surface area contributed by atoms with Crippen molar-refractivity contribution in [3.05, 3.63) is 39.3 Å². The fourth-order valence-electron chi connectivity index (χ4n) is 2.26. The zero-order valence-electron chi connectivity index (χ0n) is 14.5. The first-order chi connectivity index (χ1) is 12.2. The molecule has 10 heteroatoms. The quantitative estimate of drug-likeness (QED) is 0.576. The number of amides is 2. The average Bonchev–Trinajstić information content (AvgIpc) is 2.59. The number of nitrogens with one attached hydrogen (secondary N) is 2. The Morgan fingerprint density at radius 2 is 2.12 bits per heavy atom. The number of aliphatic hydroxyl groups excluding tert-OH is 1. The van der Waals surface area contributed by atoms with Crippen molar-refractivity contribution in [1.29, 1.82) is 0 Å². The van der Waals surface area contributed by atoms with Gasteiger partial charge in [-0.3, -0.25) is 24.9 Å². The molecule has 0 fully saturated rings. The van der Waals surface area contributed by atoms with E-state index < -0.39 is 18.1 Å². The van der Waals surface area contributed by atoms with E-state index in [-0.39, 0.29) is 12.5 Å². The van der Waals surface area contributed by atoms with Gasteiger partial charge in [-0.1, -0.05) is 39.7 Å². The number of halogens is 2. The van der Waals surface area contributed by atoms with E-state index in [9.17, 15) is 14.7 Å². The molecule has 0 aliphatic carbocycles. The summed E-state index contributed by atoms with van der Waals surface area (Å²) in [5.74, 6) is -0.818. The number of hydrazine groups is 2. The Hall–Kier alpha value is -1.65. The summed E-state index contributed by atoms with van der Waals surface area (Å²) in [5.41, 5.74) is 6.19. The summed E-state index contributed by atoms with van der Waals surface area (Å²) in [6, 6.07) is 6.03. The van der Waals surface area contributed by atoms with E-state index >= 15 is 0 Å². The molecule has 0 spiro atoms. The van der Waals surface area contributed by atoms with Crippen molar-refractivity contribution in [2.45, 2.75) is 26.0 Å². The number of hydroxylamine groups is 1. The lowest BCUT2D eigenvalue weighted by atomic mass is 10.1. The van der Waals surface area contributed by atoms with Crippen LogP contribution in [0, 0.1) is 0 Å². The molecule has 1 unspecified atom stereocenters. The number of rotatable bonds is 6. The monoisotopic (exact) mass is 446 g/mol. The largest absolute Gasteiger partial charge is 0.391 e. The molecule has 1 aliphatic heterocycles. The lowest BCUT2D eigenvalue weighted by Crippen LogP contribution is -2.61. The Labute approximate surface area is 164 Å². The van der Waals surface area contributed by atoms with Crippen LogP contribution in [0.25, 0.3) is 0 Å². The lowest BCUT2D eigenvalue weighted by Gasteiger charge is -2.41. The number of likely N-dealkylation sites (N-methyl/N-ethyl adjacent to an activating group) is 1. The molecular weight excluding hydrogens is 428 g/mol. The van der Waals surface area contributed by atoms with Gasteiger partial charge in [-0.05, 0) is 26.0 Å². The van der Waals surface area contributed by atoms with E-state index in [0.717, 1.165) is 0 Å². The third kappa shape index (κ3) is 4.54. The molecule has 0 saturated heterocycles. The first-order valence-electron chi connectivity index (χ1n) is 7.78. The van der Waals surface area contributed by atoms with Crippen molar-refractivity contribution in [3.63, 3.8) is 0 Å². The van der Waals surface area contributed by atoms with Gasteiger partial charge in [0.05, 0.1) is 16.8 Å². The minimum absolute atomic E-state index is 0.0640. The van der Waals surface area contributed by atoms with E-state index in [1.54, 1.807) is 31.2 Å². The predicted octanol–water partition coefficient (Wildman–Crippen LogP) is 1.82. The van der Waals surface area contributed by atoms with Gasteiger partial charge in [0.25, 0.3) is 11.8 Å². The Morgan fingerprint density at radius 1 is 1.46 bits per heavy atom. The highest BCUT2D eigenvalue weighted by Crippen LogP contribution is 2.31. The standard InChI is InChI=1S/C16H20BrClN4O4/c1-9(23)8-26-20-15(24)14-13(17)10(2)16(25)21(3)22(14)19-12-7-5-4-6-11(12)18/h4-7,9,14,19,23H,8H2,1-3H3,(H,20,24)/t9?,14-/m1/s1. The Bertz CT molecular complexity index is 728. The van der Waals surface area contributed by atoms with Crippen molar-refractivity contribution in [1.82, 2.24) is 15.6 Å². The van der Waals surface area contributed by atoms with E-state index in [4.69, 9.17) is 16.4 Å². The van der Waals surface area contributed by atoms with Crippen LogP contribution in [0.4, 0.5) is 5.69 Å². The second-order valence-electron chi connectivity index (χ2n) is 5.77. The van der Waals surface area contributed by atoms with Crippen LogP contribution in [-0.2, 0) is 14.4 Å². The van der Waals surface area contributed by atoms with E-state index in [1.165, 1.54) is 24.1 Å². The van der Waals surface area contributed by atoms with Gasteiger partial charge in [-0.25, -0.2) is 5.48 Å². The first-order valence-corrected chi connectivity index (χ1v) is 8.95. The predicted molar refractivity (Wildman–Crippen MR) is 101 cm³/mol. The highest BCUT2D eigenvalue weighted by Gasteiger charge is 2.40. The summed E-state index contributed by atoms with van der Waals surface area (Å²) in [6.07, 6.45) is -0.732. The highest BCUT2D eigenvalue weighted by atomic mass is 79.9. The molecule has 2 atom stereocenters. The van der Waals surface area contributed by atoms with Crippen molar-refractivity contribution in [3.8, 4) is 0 Å². The van der Waals surface area contributed by atoms with Crippen LogP contribution in [-0.4, -0.2) is 52.8 Å². The maximum Gasteiger partial charge on any atom is 0.269 e. The van der Waals surface area contributed by atoms with Crippen molar-refractivity contribution < 1.29 is 19.5 Å². The van der Waals surface area contributed by atoms with Gasteiger partial charge in [0, 0.05) is 17.1 Å². The second-order valence-corrected chi connectivity index (χ2v) is 7.03. The molecule has 142 valence electrons. The minimum atomic E-state index is -0.928. The summed E-state index contributed by atoms with van der Waals surface area (Å²) in [4.78, 5) is 30.1. The van der Waals surface area contributed by atoms with Gasteiger partial charge in [-0.15, -0.1) is 5.12 Å². The number of hydrogen-bond donors (Lipinski definition) is 3. The van der Waals surface area contributed by atoms with E-state index in [2.05, 4.69) is 26.8 Å². The van der Waals surface area contributed by atoms with Crippen molar-refractivity contribution in [2.75, 3.05) is 19.1 Å². The normalized spacial score (nSPS) is 19.5. The molecule has 3 N–H and O–H groups in total. The fraction of sp³-hybridized carbons (Fsp3) is 0.375. The molecule has 0 radical (unpaired) electrons. The molecule has 2 amide bonds. The number of carbonyl (C=O) groups excluding carboxylic acids is 2. The number of anilines is 1. The Kier molecular flexibility index (Phi) is 7.01. The van der Waals surface area contributed by atoms with Crippen LogP contribution in [0.1, 0.15) is 13.8 Å². The van der Waals surface area contributed by atoms with Gasteiger partial charge < -0.3 is 5.11 Å². The first kappa shape index (κ1) is 20.7. The van der Waals surface area contributed by atoms with E-state index in [0.29, 0.717) is 20.8 Å². The average molecular weight is 448 g/mol. The fourth-order valence-corrected chi connectivity index (χ4v) is 3.01. The number of hydrogen-bond acceptors (Lipinski definition) is 6. The number of aliphatic hydroxyl groups is 1. The van der Waals surface area contributed by atoms with Crippen LogP contribution in [0.5, 0.6) is 0 Å². The zero-order chi connectivity index (χ0) is 19.4. The van der Waals surface area contributed by atoms with Crippen LogP contribution in [0.15, 0.2) is 34.3 Å². The van der Waals surface area contributed by atoms with Crippen molar-refractivity contribution in [2.24, 2.45) is 0 Å². The van der Waals surface area contributed by atoms with Gasteiger partial charge in [-0.2, -0.15) is 0 Å². The summed E-state index contributed by atoms with van der Waals surface area (Å²) in [7, 11) is 1.53. The molecule has 1 aliphatic rings. The van der Waals surface area contributed by atoms with Crippen LogP contribution in [0.3, 0.4) is 0 Å². The van der Waals surface area contributed by atoms with Crippen LogP contribution in [0.2, 0.25) is 5.02 Å². The molecule has 1 aromatic carbocycles. The van der Waals surface area contributed by atoms with Gasteiger partial charge in [0.1, 0.15) is 6.61 Å². The molecule has 2 rings (SSSR count). The van der Waals surface area contributed by atoms with Crippen LogP contribution >= 0.6 is 27.5 Å². The van der Waals surface area contributed by atoms with Crippen molar-refractivity contribution >= 4 is 45.0 Å². The minimum Gasteiger partial charge on any atom is -0.391 e. The van der Waals surface area contributed by atoms with Crippen LogP contribution < -0.4 is 10.9 Å². The molecule has 8 nitrogen and oxygen atoms in total. The molecule has 0 bridgehead atoms. The summed E-state index contributed by atoms with van der Waals surface area (Å²) < 4.78 is 0.387. The lowest BCUT2D eigenvalue weighted by molar-refractivity contribution is -0.154. The molecule has 1 aromatic rings. The second kappa shape index (κ2) is 8.83. The van der Waals surface area contributed by atoms with Gasteiger partial charge in [0.2, 0.25) is 0 Å². The smallest absolute Gasteiger partial charge is 0.269 e. The maximum atomic E-state index is 12.6.